The minimum absolute atomic E-state index is 0.224. The van der Waals surface area contributed by atoms with Crippen LogP contribution >= 0.6 is 0 Å². The van der Waals surface area contributed by atoms with Crippen LogP contribution in [0.4, 0.5) is 4.39 Å². The third-order valence-electron chi connectivity index (χ3n) is 1.84. The van der Waals surface area contributed by atoms with Gasteiger partial charge in [0.15, 0.2) is 6.29 Å². The molecular formula is C9H7FO2. The van der Waals surface area contributed by atoms with Gasteiger partial charge >= 0.3 is 0 Å². The molecule has 1 saturated heterocycles. The van der Waals surface area contributed by atoms with Crippen molar-refractivity contribution in [2.45, 2.75) is 12.2 Å². The molecule has 3 heteroatoms. The fourth-order valence-corrected chi connectivity index (χ4v) is 1.18. The summed E-state index contributed by atoms with van der Waals surface area (Å²) in [5.74, 6) is -0.298. The minimum Gasteiger partial charge on any atom is -0.357 e. The van der Waals surface area contributed by atoms with E-state index in [1.807, 2.05) is 0 Å². The summed E-state index contributed by atoms with van der Waals surface area (Å²) in [6.45, 7) is 0. The normalized spacial score (nSPS) is 26.8. The van der Waals surface area contributed by atoms with Gasteiger partial charge in [0.1, 0.15) is 18.0 Å². The summed E-state index contributed by atoms with van der Waals surface area (Å²) < 4.78 is 17.6. The molecule has 0 radical (unpaired) electrons. The highest BCUT2D eigenvalue weighted by Gasteiger charge is 2.39. The number of ether oxygens (including phenoxy) is 1. The number of aldehydes is 1. The zero-order chi connectivity index (χ0) is 8.55. The molecule has 0 unspecified atom stereocenters. The average molecular weight is 166 g/mol. The molecule has 1 aliphatic heterocycles. The lowest BCUT2D eigenvalue weighted by molar-refractivity contribution is -0.108. The van der Waals surface area contributed by atoms with E-state index in [4.69, 9.17) is 4.74 Å². The number of halogens is 1. The second kappa shape index (κ2) is 2.68. The number of carbonyl (C=O) groups is 1. The van der Waals surface area contributed by atoms with Crippen LogP contribution in [0.1, 0.15) is 11.7 Å². The first-order valence-electron chi connectivity index (χ1n) is 3.67. The Morgan fingerprint density at radius 3 is 2.92 bits per heavy atom. The fourth-order valence-electron chi connectivity index (χ4n) is 1.18. The first-order valence-corrected chi connectivity index (χ1v) is 3.67. The number of epoxide rings is 1. The van der Waals surface area contributed by atoms with Crippen molar-refractivity contribution >= 4 is 6.29 Å². The molecule has 2 nitrogen and oxygen atoms in total. The predicted octanol–water partition coefficient (Wildman–Crippen LogP) is 1.46. The average Bonchev–Trinajstić information content (AvgIpc) is 2.83. The van der Waals surface area contributed by atoms with E-state index in [-0.39, 0.29) is 18.0 Å². The second-order valence-corrected chi connectivity index (χ2v) is 2.71. The van der Waals surface area contributed by atoms with Crippen molar-refractivity contribution in [3.05, 3.63) is 35.6 Å². The molecule has 2 atom stereocenters. The van der Waals surface area contributed by atoms with Gasteiger partial charge in [-0.3, -0.25) is 0 Å². The second-order valence-electron chi connectivity index (χ2n) is 2.71. The summed E-state index contributed by atoms with van der Waals surface area (Å²) in [6, 6.07) is 6.10. The monoisotopic (exact) mass is 166 g/mol. The van der Waals surface area contributed by atoms with Gasteiger partial charge in [0.25, 0.3) is 0 Å². The molecule has 1 aromatic carbocycles. The Labute approximate surface area is 69.0 Å². The van der Waals surface area contributed by atoms with E-state index >= 15 is 0 Å². The number of carbonyl (C=O) groups excluding carboxylic acids is 1. The summed E-state index contributed by atoms with van der Waals surface area (Å²) in [5, 5.41) is 0. The summed E-state index contributed by atoms with van der Waals surface area (Å²) in [7, 11) is 0. The molecule has 0 N–H and O–H groups in total. The van der Waals surface area contributed by atoms with Gasteiger partial charge in [0.05, 0.1) is 0 Å². The van der Waals surface area contributed by atoms with E-state index < -0.39 is 0 Å². The molecule has 1 fully saturated rings. The topological polar surface area (TPSA) is 29.6 Å². The molecule has 12 heavy (non-hydrogen) atoms. The van der Waals surface area contributed by atoms with Crippen LogP contribution < -0.4 is 0 Å². The highest BCUT2D eigenvalue weighted by Crippen LogP contribution is 2.37. The Morgan fingerprint density at radius 2 is 2.33 bits per heavy atom. The summed E-state index contributed by atoms with van der Waals surface area (Å²) in [6.07, 6.45) is 0.139. The van der Waals surface area contributed by atoms with Crippen LogP contribution in [0, 0.1) is 5.82 Å². The van der Waals surface area contributed by atoms with Gasteiger partial charge in [-0.1, -0.05) is 12.1 Å². The number of rotatable bonds is 2. The molecule has 0 aromatic heterocycles. The quantitative estimate of drug-likeness (QED) is 0.491. The van der Waals surface area contributed by atoms with E-state index in [1.54, 1.807) is 12.1 Å². The maximum absolute atomic E-state index is 12.6. The molecule has 1 aliphatic rings. The third kappa shape index (κ3) is 1.23. The van der Waals surface area contributed by atoms with E-state index in [9.17, 15) is 9.18 Å². The van der Waals surface area contributed by atoms with E-state index in [0.717, 1.165) is 11.8 Å². The van der Waals surface area contributed by atoms with Crippen molar-refractivity contribution in [1.29, 1.82) is 0 Å². The van der Waals surface area contributed by atoms with Gasteiger partial charge in [-0.05, 0) is 17.7 Å². The largest absolute Gasteiger partial charge is 0.357 e. The molecule has 62 valence electrons. The molecule has 0 bridgehead atoms. The van der Waals surface area contributed by atoms with Gasteiger partial charge in [0, 0.05) is 0 Å². The van der Waals surface area contributed by atoms with Crippen molar-refractivity contribution in [3.63, 3.8) is 0 Å². The van der Waals surface area contributed by atoms with Crippen LogP contribution in [-0.2, 0) is 9.53 Å². The number of benzene rings is 1. The molecule has 2 rings (SSSR count). The Hall–Kier alpha value is -1.22. The third-order valence-corrected chi connectivity index (χ3v) is 1.84. The van der Waals surface area contributed by atoms with Crippen molar-refractivity contribution in [1.82, 2.24) is 0 Å². The SMILES string of the molecule is O=C[C@H]1O[C@@H]1c1cccc(F)c1. The standard InChI is InChI=1S/C9H7FO2/c10-7-3-1-2-6(4-7)9-8(5-11)12-9/h1-5,8-9H/t8-,9-/m1/s1. The van der Waals surface area contributed by atoms with Crippen LogP contribution in [0.15, 0.2) is 24.3 Å². The van der Waals surface area contributed by atoms with Gasteiger partial charge < -0.3 is 9.53 Å². The zero-order valence-corrected chi connectivity index (χ0v) is 6.24. The molecule has 0 saturated carbocycles. The fraction of sp³-hybridized carbons (Fsp3) is 0.222. The van der Waals surface area contributed by atoms with Crippen molar-refractivity contribution in [2.24, 2.45) is 0 Å². The predicted molar refractivity (Wildman–Crippen MR) is 40.1 cm³/mol. The van der Waals surface area contributed by atoms with Gasteiger partial charge in [-0.2, -0.15) is 0 Å². The lowest BCUT2D eigenvalue weighted by Gasteiger charge is -1.93. The van der Waals surface area contributed by atoms with Crippen molar-refractivity contribution < 1.29 is 13.9 Å². The highest BCUT2D eigenvalue weighted by molar-refractivity contribution is 5.61. The van der Waals surface area contributed by atoms with Gasteiger partial charge in [0.2, 0.25) is 0 Å². The maximum Gasteiger partial charge on any atom is 0.151 e. The van der Waals surface area contributed by atoms with Gasteiger partial charge in [-0.25, -0.2) is 4.39 Å². The Kier molecular flexibility index (Phi) is 1.66. The lowest BCUT2D eigenvalue weighted by atomic mass is 10.1. The lowest BCUT2D eigenvalue weighted by Crippen LogP contribution is -1.89. The zero-order valence-electron chi connectivity index (χ0n) is 6.24. The van der Waals surface area contributed by atoms with Crippen LogP contribution in [-0.4, -0.2) is 12.4 Å². The van der Waals surface area contributed by atoms with Crippen LogP contribution in [0.2, 0.25) is 0 Å². The van der Waals surface area contributed by atoms with E-state index in [1.165, 1.54) is 12.1 Å². The number of hydrogen-bond acceptors (Lipinski definition) is 2. The van der Waals surface area contributed by atoms with Crippen LogP contribution in [0.25, 0.3) is 0 Å². The smallest absolute Gasteiger partial charge is 0.151 e. The maximum atomic E-state index is 12.6. The molecule has 1 aromatic rings. The molecular weight excluding hydrogens is 159 g/mol. The van der Waals surface area contributed by atoms with E-state index in [2.05, 4.69) is 0 Å². The van der Waals surface area contributed by atoms with Crippen molar-refractivity contribution in [2.75, 3.05) is 0 Å². The summed E-state index contributed by atoms with van der Waals surface area (Å²) in [4.78, 5) is 10.2. The summed E-state index contributed by atoms with van der Waals surface area (Å²) >= 11 is 0. The van der Waals surface area contributed by atoms with Gasteiger partial charge in [-0.15, -0.1) is 0 Å². The molecule has 1 heterocycles. The van der Waals surface area contributed by atoms with Crippen LogP contribution in [0.5, 0.6) is 0 Å². The molecule has 0 aliphatic carbocycles. The Balaban J connectivity index is 2.19. The minimum atomic E-state index is -0.369. The first-order chi connectivity index (χ1) is 5.81. The van der Waals surface area contributed by atoms with Crippen molar-refractivity contribution in [3.8, 4) is 0 Å². The molecule has 0 spiro atoms. The summed E-state index contributed by atoms with van der Waals surface area (Å²) in [5.41, 5.74) is 0.729. The number of hydrogen-bond donors (Lipinski definition) is 0. The molecule has 0 amide bonds. The van der Waals surface area contributed by atoms with E-state index in [0.29, 0.717) is 0 Å². The highest BCUT2D eigenvalue weighted by atomic mass is 19.1. The Morgan fingerprint density at radius 1 is 1.50 bits per heavy atom. The Bertz CT molecular complexity index is 311. The van der Waals surface area contributed by atoms with Crippen LogP contribution in [0.3, 0.4) is 0 Å². The first kappa shape index (κ1) is 7.43.